The first kappa shape index (κ1) is 22.3. The number of carbonyl (C=O) groups excluding carboxylic acids is 1. The van der Waals surface area contributed by atoms with E-state index in [1.807, 2.05) is 54.6 Å². The van der Waals surface area contributed by atoms with Crippen molar-refractivity contribution in [2.75, 3.05) is 38.2 Å². The van der Waals surface area contributed by atoms with E-state index in [1.165, 1.54) is 12.8 Å². The van der Waals surface area contributed by atoms with Crippen molar-refractivity contribution in [3.63, 3.8) is 0 Å². The maximum Gasteiger partial charge on any atom is 0.319 e. The largest absolute Gasteiger partial charge is 0.486 e. The number of urea groups is 1. The molecule has 5 rings (SSSR count). The smallest absolute Gasteiger partial charge is 0.319 e. The lowest BCUT2D eigenvalue weighted by Crippen LogP contribution is -2.46. The van der Waals surface area contributed by atoms with Crippen LogP contribution in [0.3, 0.4) is 0 Å². The third kappa shape index (κ3) is 5.69. The fourth-order valence-corrected chi connectivity index (χ4v) is 4.67. The standard InChI is InChI=1S/C28H31N3O3/c32-28(29-24-11-9-23(10-12-24)22-6-2-1-3-7-22)30-25(20-31-14-4-5-15-31)18-21-8-13-26-27(19-21)34-17-16-33-26/h1-3,6-13,19,25H,4-5,14-18,20H2,(H2,29,30,32). The highest BCUT2D eigenvalue weighted by molar-refractivity contribution is 5.89. The van der Waals surface area contributed by atoms with Gasteiger partial charge in [-0.3, -0.25) is 0 Å². The maximum atomic E-state index is 12.9. The number of hydrogen-bond donors (Lipinski definition) is 2. The van der Waals surface area contributed by atoms with Crippen molar-refractivity contribution in [3.05, 3.63) is 78.4 Å². The Labute approximate surface area is 200 Å². The van der Waals surface area contributed by atoms with Crippen molar-refractivity contribution in [2.45, 2.75) is 25.3 Å². The summed E-state index contributed by atoms with van der Waals surface area (Å²) >= 11 is 0. The van der Waals surface area contributed by atoms with Crippen molar-refractivity contribution in [2.24, 2.45) is 0 Å². The molecular weight excluding hydrogens is 426 g/mol. The van der Waals surface area contributed by atoms with Gasteiger partial charge < -0.3 is 25.0 Å². The first-order valence-corrected chi connectivity index (χ1v) is 12.1. The molecule has 1 atom stereocenters. The summed E-state index contributed by atoms with van der Waals surface area (Å²) in [5, 5.41) is 6.20. The number of rotatable bonds is 7. The molecule has 0 aromatic heterocycles. The average Bonchev–Trinajstić information content (AvgIpc) is 3.38. The predicted molar refractivity (Wildman–Crippen MR) is 135 cm³/mol. The van der Waals surface area contributed by atoms with Crippen LogP contribution in [-0.4, -0.2) is 49.8 Å². The Morgan fingerprint density at radius 2 is 1.56 bits per heavy atom. The normalized spacial score (nSPS) is 16.1. The quantitative estimate of drug-likeness (QED) is 0.527. The zero-order chi connectivity index (χ0) is 23.2. The van der Waals surface area contributed by atoms with E-state index < -0.39 is 0 Å². The summed E-state index contributed by atoms with van der Waals surface area (Å²) < 4.78 is 11.4. The molecule has 0 saturated carbocycles. The minimum atomic E-state index is -0.186. The van der Waals surface area contributed by atoms with Crippen LogP contribution >= 0.6 is 0 Å². The van der Waals surface area contributed by atoms with E-state index >= 15 is 0 Å². The molecule has 176 valence electrons. The highest BCUT2D eigenvalue weighted by atomic mass is 16.6. The van der Waals surface area contributed by atoms with Gasteiger partial charge in [-0.15, -0.1) is 0 Å². The summed E-state index contributed by atoms with van der Waals surface area (Å²) in [6, 6.07) is 24.0. The van der Waals surface area contributed by atoms with Crippen LogP contribution in [0.5, 0.6) is 11.5 Å². The molecule has 6 nitrogen and oxygen atoms in total. The Kier molecular flexibility index (Phi) is 6.96. The summed E-state index contributed by atoms with van der Waals surface area (Å²) in [7, 11) is 0. The molecule has 1 fully saturated rings. The molecule has 1 unspecified atom stereocenters. The highest BCUT2D eigenvalue weighted by Crippen LogP contribution is 2.31. The molecule has 2 N–H and O–H groups in total. The van der Waals surface area contributed by atoms with Crippen LogP contribution < -0.4 is 20.1 Å². The van der Waals surface area contributed by atoms with Crippen LogP contribution in [0, 0.1) is 0 Å². The lowest BCUT2D eigenvalue weighted by molar-refractivity contribution is 0.171. The number of nitrogens with zero attached hydrogens (tertiary/aromatic N) is 1. The Hall–Kier alpha value is -3.51. The molecule has 2 aliphatic heterocycles. The monoisotopic (exact) mass is 457 g/mol. The summed E-state index contributed by atoms with van der Waals surface area (Å²) in [6.45, 7) is 4.15. The molecule has 1 saturated heterocycles. The topological polar surface area (TPSA) is 62.8 Å². The second-order valence-electron chi connectivity index (χ2n) is 8.93. The van der Waals surface area contributed by atoms with E-state index in [0.717, 1.165) is 59.9 Å². The molecule has 34 heavy (non-hydrogen) atoms. The SMILES string of the molecule is O=C(Nc1ccc(-c2ccccc2)cc1)NC(Cc1ccc2c(c1)OCCO2)CN1CCCC1. The molecule has 0 spiro atoms. The number of carbonyl (C=O) groups is 1. The lowest BCUT2D eigenvalue weighted by Gasteiger charge is -2.25. The Balaban J connectivity index is 1.23. The summed E-state index contributed by atoms with van der Waals surface area (Å²) in [6.07, 6.45) is 3.17. The Morgan fingerprint density at radius 1 is 0.853 bits per heavy atom. The van der Waals surface area contributed by atoms with E-state index in [1.54, 1.807) is 0 Å². The number of likely N-dealkylation sites (tertiary alicyclic amines) is 1. The van der Waals surface area contributed by atoms with Gasteiger partial charge in [-0.25, -0.2) is 4.79 Å². The van der Waals surface area contributed by atoms with Crippen LogP contribution in [0.25, 0.3) is 11.1 Å². The van der Waals surface area contributed by atoms with Crippen molar-refractivity contribution >= 4 is 11.7 Å². The van der Waals surface area contributed by atoms with E-state index in [2.05, 4.69) is 33.7 Å². The second-order valence-corrected chi connectivity index (χ2v) is 8.93. The molecular formula is C28H31N3O3. The summed E-state index contributed by atoms with van der Waals surface area (Å²) in [5.74, 6) is 1.57. The van der Waals surface area contributed by atoms with E-state index in [0.29, 0.717) is 13.2 Å². The number of fused-ring (bicyclic) bond motifs is 1. The average molecular weight is 458 g/mol. The van der Waals surface area contributed by atoms with Crippen molar-refractivity contribution in [3.8, 4) is 22.6 Å². The van der Waals surface area contributed by atoms with Gasteiger partial charge in [0.25, 0.3) is 0 Å². The molecule has 3 aromatic carbocycles. The van der Waals surface area contributed by atoms with Crippen molar-refractivity contribution in [1.29, 1.82) is 0 Å². The zero-order valence-corrected chi connectivity index (χ0v) is 19.3. The number of ether oxygens (including phenoxy) is 2. The van der Waals surface area contributed by atoms with Gasteiger partial charge >= 0.3 is 6.03 Å². The Morgan fingerprint density at radius 3 is 2.32 bits per heavy atom. The lowest BCUT2D eigenvalue weighted by atomic mass is 10.0. The van der Waals surface area contributed by atoms with Crippen LogP contribution in [0.4, 0.5) is 10.5 Å². The van der Waals surface area contributed by atoms with Gasteiger partial charge in [0.15, 0.2) is 11.5 Å². The summed E-state index contributed by atoms with van der Waals surface area (Å²) in [4.78, 5) is 15.3. The van der Waals surface area contributed by atoms with Crippen molar-refractivity contribution < 1.29 is 14.3 Å². The van der Waals surface area contributed by atoms with Crippen LogP contribution in [0.1, 0.15) is 18.4 Å². The zero-order valence-electron chi connectivity index (χ0n) is 19.3. The molecule has 0 bridgehead atoms. The predicted octanol–water partition coefficient (Wildman–Crippen LogP) is 4.95. The number of nitrogens with one attached hydrogen (secondary N) is 2. The minimum Gasteiger partial charge on any atom is -0.486 e. The van der Waals surface area contributed by atoms with Gasteiger partial charge in [-0.2, -0.15) is 0 Å². The molecule has 6 heteroatoms. The highest BCUT2D eigenvalue weighted by Gasteiger charge is 2.21. The third-order valence-corrected chi connectivity index (χ3v) is 6.35. The van der Waals surface area contributed by atoms with Crippen LogP contribution in [0.2, 0.25) is 0 Å². The molecule has 3 aromatic rings. The molecule has 0 radical (unpaired) electrons. The second kappa shape index (κ2) is 10.6. The minimum absolute atomic E-state index is 0.00995. The van der Waals surface area contributed by atoms with Gasteiger partial charge in [0, 0.05) is 18.3 Å². The number of hydrogen-bond acceptors (Lipinski definition) is 4. The van der Waals surface area contributed by atoms with E-state index in [-0.39, 0.29) is 12.1 Å². The van der Waals surface area contributed by atoms with E-state index in [9.17, 15) is 4.79 Å². The molecule has 2 amide bonds. The van der Waals surface area contributed by atoms with Gasteiger partial charge in [0.1, 0.15) is 13.2 Å². The van der Waals surface area contributed by atoms with Gasteiger partial charge in [-0.05, 0) is 73.3 Å². The van der Waals surface area contributed by atoms with Gasteiger partial charge in [-0.1, -0.05) is 48.5 Å². The molecule has 2 aliphatic rings. The first-order chi connectivity index (χ1) is 16.7. The summed E-state index contributed by atoms with van der Waals surface area (Å²) in [5.41, 5.74) is 4.18. The van der Waals surface area contributed by atoms with Crippen molar-refractivity contribution in [1.82, 2.24) is 10.2 Å². The fourth-order valence-electron chi connectivity index (χ4n) is 4.67. The molecule has 2 heterocycles. The van der Waals surface area contributed by atoms with Crippen LogP contribution in [0.15, 0.2) is 72.8 Å². The van der Waals surface area contributed by atoms with Gasteiger partial charge in [0.2, 0.25) is 0 Å². The Bertz CT molecular complexity index is 1100. The maximum absolute atomic E-state index is 12.9. The van der Waals surface area contributed by atoms with Crippen LogP contribution in [-0.2, 0) is 6.42 Å². The fraction of sp³-hybridized carbons (Fsp3) is 0.321. The first-order valence-electron chi connectivity index (χ1n) is 12.1. The number of benzene rings is 3. The van der Waals surface area contributed by atoms with E-state index in [4.69, 9.17) is 9.47 Å². The number of amides is 2. The third-order valence-electron chi connectivity index (χ3n) is 6.35. The van der Waals surface area contributed by atoms with Gasteiger partial charge in [0.05, 0.1) is 0 Å². The molecule has 0 aliphatic carbocycles. The number of anilines is 1.